The molecule has 15 heavy (non-hydrogen) atoms. The van der Waals surface area contributed by atoms with Gasteiger partial charge in [-0.3, -0.25) is 0 Å². The van der Waals surface area contributed by atoms with E-state index in [1.807, 2.05) is 13.8 Å². The normalized spacial score (nSPS) is 26.6. The molecule has 0 aromatic carbocycles. The molecule has 92 valence electrons. The highest BCUT2D eigenvalue weighted by Crippen LogP contribution is 2.33. The fourth-order valence-corrected chi connectivity index (χ4v) is 2.37. The zero-order valence-electron chi connectivity index (χ0n) is 11.6. The Hall–Kier alpha value is -0.0800. The van der Waals surface area contributed by atoms with E-state index in [0.717, 1.165) is 0 Å². The average Bonchev–Trinajstić information content (AvgIpc) is 2.63. The van der Waals surface area contributed by atoms with Crippen LogP contribution in [0, 0.1) is 5.41 Å². The summed E-state index contributed by atoms with van der Waals surface area (Å²) in [5, 5.41) is 0. The molecule has 0 N–H and O–H groups in total. The van der Waals surface area contributed by atoms with Gasteiger partial charge in [0.15, 0.2) is 0 Å². The second-order valence-corrected chi connectivity index (χ2v) is 4.67. The van der Waals surface area contributed by atoms with E-state index in [4.69, 9.17) is 0 Å². The number of hydrogen-bond acceptors (Lipinski definition) is 2. The minimum absolute atomic E-state index is 0.583. The van der Waals surface area contributed by atoms with Gasteiger partial charge in [0.25, 0.3) is 0 Å². The molecule has 1 aliphatic rings. The smallest absolute Gasteiger partial charge is 0.00476 e. The van der Waals surface area contributed by atoms with Gasteiger partial charge >= 0.3 is 0 Å². The SMILES string of the molecule is CC.CCN(C)CC1(CC)CCN(C)C1. The lowest BCUT2D eigenvalue weighted by atomic mass is 9.84. The van der Waals surface area contributed by atoms with Gasteiger partial charge in [0.1, 0.15) is 0 Å². The molecule has 0 bridgehead atoms. The third-order valence-electron chi connectivity index (χ3n) is 3.52. The van der Waals surface area contributed by atoms with E-state index >= 15 is 0 Å². The van der Waals surface area contributed by atoms with Gasteiger partial charge in [-0.15, -0.1) is 0 Å². The van der Waals surface area contributed by atoms with Crippen LogP contribution in [0.4, 0.5) is 0 Å². The molecule has 0 spiro atoms. The summed E-state index contributed by atoms with van der Waals surface area (Å²) in [7, 11) is 4.47. The molecule has 0 aliphatic carbocycles. The first-order valence-electron chi connectivity index (χ1n) is 6.49. The molecule has 2 heteroatoms. The lowest BCUT2D eigenvalue weighted by Crippen LogP contribution is -2.37. The van der Waals surface area contributed by atoms with Gasteiger partial charge in [0.2, 0.25) is 0 Å². The van der Waals surface area contributed by atoms with Crippen molar-refractivity contribution in [3.8, 4) is 0 Å². The van der Waals surface area contributed by atoms with Gasteiger partial charge in [-0.25, -0.2) is 0 Å². The van der Waals surface area contributed by atoms with Crippen LogP contribution >= 0.6 is 0 Å². The van der Waals surface area contributed by atoms with E-state index in [2.05, 4.69) is 37.7 Å². The van der Waals surface area contributed by atoms with Crippen molar-refractivity contribution in [2.24, 2.45) is 5.41 Å². The Labute approximate surface area is 96.6 Å². The first-order chi connectivity index (χ1) is 7.12. The van der Waals surface area contributed by atoms with Crippen molar-refractivity contribution >= 4 is 0 Å². The molecular weight excluding hydrogens is 184 g/mol. The molecule has 1 aliphatic heterocycles. The predicted octanol–water partition coefficient (Wildman–Crippen LogP) is 2.70. The monoisotopic (exact) mass is 214 g/mol. The summed E-state index contributed by atoms with van der Waals surface area (Å²) in [6.45, 7) is 13.6. The highest BCUT2D eigenvalue weighted by atomic mass is 15.2. The van der Waals surface area contributed by atoms with Crippen molar-refractivity contribution in [1.82, 2.24) is 9.80 Å². The summed E-state index contributed by atoms with van der Waals surface area (Å²) >= 11 is 0. The third kappa shape index (κ3) is 4.52. The van der Waals surface area contributed by atoms with E-state index in [-0.39, 0.29) is 0 Å². The van der Waals surface area contributed by atoms with Crippen molar-refractivity contribution in [2.45, 2.75) is 40.5 Å². The van der Waals surface area contributed by atoms with Crippen molar-refractivity contribution in [1.29, 1.82) is 0 Å². The van der Waals surface area contributed by atoms with Crippen LogP contribution in [0.3, 0.4) is 0 Å². The van der Waals surface area contributed by atoms with E-state index in [9.17, 15) is 0 Å². The number of rotatable bonds is 4. The maximum atomic E-state index is 2.47. The van der Waals surface area contributed by atoms with Gasteiger partial charge in [0, 0.05) is 13.1 Å². The molecule has 1 unspecified atom stereocenters. The molecular formula is C13H30N2. The largest absolute Gasteiger partial charge is 0.306 e. The standard InChI is InChI=1S/C11H24N2.C2H6/c1-5-11(9-12(3)6-2)7-8-13(4)10-11;1-2/h5-10H2,1-4H3;1-2H3. The molecule has 1 fully saturated rings. The molecule has 0 aromatic rings. The molecule has 0 aromatic heterocycles. The highest BCUT2D eigenvalue weighted by molar-refractivity contribution is 4.89. The van der Waals surface area contributed by atoms with E-state index in [0.29, 0.717) is 5.41 Å². The Morgan fingerprint density at radius 1 is 1.27 bits per heavy atom. The van der Waals surface area contributed by atoms with Gasteiger partial charge in [0.05, 0.1) is 0 Å². The first kappa shape index (κ1) is 14.9. The fourth-order valence-electron chi connectivity index (χ4n) is 2.37. The minimum Gasteiger partial charge on any atom is -0.306 e. The quantitative estimate of drug-likeness (QED) is 0.710. The predicted molar refractivity (Wildman–Crippen MR) is 69.4 cm³/mol. The molecule has 1 atom stereocenters. The van der Waals surface area contributed by atoms with Crippen LogP contribution in [0.25, 0.3) is 0 Å². The molecule has 1 saturated heterocycles. The maximum Gasteiger partial charge on any atom is 0.00476 e. The van der Waals surface area contributed by atoms with Crippen molar-refractivity contribution < 1.29 is 0 Å². The second-order valence-electron chi connectivity index (χ2n) is 4.67. The van der Waals surface area contributed by atoms with Crippen molar-refractivity contribution in [2.75, 3.05) is 40.3 Å². The van der Waals surface area contributed by atoms with Crippen LogP contribution in [-0.4, -0.2) is 50.1 Å². The van der Waals surface area contributed by atoms with Gasteiger partial charge in [-0.05, 0) is 45.4 Å². The Morgan fingerprint density at radius 3 is 2.20 bits per heavy atom. The summed E-state index contributed by atoms with van der Waals surface area (Å²) in [6, 6.07) is 0. The minimum atomic E-state index is 0.583. The van der Waals surface area contributed by atoms with Crippen molar-refractivity contribution in [3.63, 3.8) is 0 Å². The van der Waals surface area contributed by atoms with Gasteiger partial charge in [-0.1, -0.05) is 27.7 Å². The lowest BCUT2D eigenvalue weighted by molar-refractivity contribution is 0.176. The Bertz CT molecular complexity index is 159. The highest BCUT2D eigenvalue weighted by Gasteiger charge is 2.35. The molecule has 0 radical (unpaired) electrons. The zero-order chi connectivity index (χ0) is 11.9. The Morgan fingerprint density at radius 2 is 1.87 bits per heavy atom. The summed E-state index contributed by atoms with van der Waals surface area (Å²) in [5.74, 6) is 0. The number of likely N-dealkylation sites (tertiary alicyclic amines) is 1. The van der Waals surface area contributed by atoms with Crippen LogP contribution in [-0.2, 0) is 0 Å². The summed E-state index contributed by atoms with van der Waals surface area (Å²) in [4.78, 5) is 4.91. The third-order valence-corrected chi connectivity index (χ3v) is 3.52. The molecule has 0 saturated carbocycles. The van der Waals surface area contributed by atoms with Crippen LogP contribution in [0.1, 0.15) is 40.5 Å². The zero-order valence-corrected chi connectivity index (χ0v) is 11.6. The molecule has 1 heterocycles. The van der Waals surface area contributed by atoms with Crippen LogP contribution in [0.5, 0.6) is 0 Å². The number of hydrogen-bond donors (Lipinski definition) is 0. The summed E-state index contributed by atoms with van der Waals surface area (Å²) in [5.41, 5.74) is 0.583. The Balaban J connectivity index is 0.000000921. The second kappa shape index (κ2) is 7.24. The van der Waals surface area contributed by atoms with E-state index < -0.39 is 0 Å². The molecule has 2 nitrogen and oxygen atoms in total. The van der Waals surface area contributed by atoms with E-state index in [1.165, 1.54) is 39.0 Å². The molecule has 1 rings (SSSR count). The van der Waals surface area contributed by atoms with Crippen molar-refractivity contribution in [3.05, 3.63) is 0 Å². The summed E-state index contributed by atoms with van der Waals surface area (Å²) < 4.78 is 0. The topological polar surface area (TPSA) is 6.48 Å². The van der Waals surface area contributed by atoms with Gasteiger partial charge < -0.3 is 9.80 Å². The fraction of sp³-hybridized carbons (Fsp3) is 1.00. The van der Waals surface area contributed by atoms with Gasteiger partial charge in [-0.2, -0.15) is 0 Å². The van der Waals surface area contributed by atoms with Crippen LogP contribution < -0.4 is 0 Å². The lowest BCUT2D eigenvalue weighted by Gasteiger charge is -2.32. The maximum absolute atomic E-state index is 2.47. The Kier molecular flexibility index (Phi) is 7.20. The summed E-state index contributed by atoms with van der Waals surface area (Å²) in [6.07, 6.45) is 2.70. The number of nitrogens with zero attached hydrogens (tertiary/aromatic N) is 2. The first-order valence-corrected chi connectivity index (χ1v) is 6.49. The van der Waals surface area contributed by atoms with E-state index in [1.54, 1.807) is 0 Å². The molecule has 0 amide bonds. The van der Waals surface area contributed by atoms with Crippen LogP contribution in [0.15, 0.2) is 0 Å². The van der Waals surface area contributed by atoms with Crippen LogP contribution in [0.2, 0.25) is 0 Å². The average molecular weight is 214 g/mol.